The maximum Gasteiger partial charge on any atom is 0.337 e. The van der Waals surface area contributed by atoms with Crippen molar-refractivity contribution in [2.24, 2.45) is 0 Å². The highest BCUT2D eigenvalue weighted by molar-refractivity contribution is 6.35. The minimum absolute atomic E-state index is 0.0606. The first-order valence-corrected chi connectivity index (χ1v) is 6.55. The molecule has 104 valence electrons. The van der Waals surface area contributed by atoms with Crippen molar-refractivity contribution >= 4 is 23.4 Å². The summed E-state index contributed by atoms with van der Waals surface area (Å²) in [6, 6.07) is 1.57. The van der Waals surface area contributed by atoms with E-state index in [1.54, 1.807) is 0 Å². The Bertz CT molecular complexity index is 491. The minimum atomic E-state index is -1.05. The van der Waals surface area contributed by atoms with E-state index in [2.05, 4.69) is 10.3 Å². The SMILES string of the molecule is CC1(C)CC(Nc2nccc(C(=O)O)c2Cl)CCO1. The molecular formula is C13H17ClN2O3. The molecule has 1 saturated heterocycles. The van der Waals surface area contributed by atoms with Gasteiger partial charge in [0.15, 0.2) is 0 Å². The lowest BCUT2D eigenvalue weighted by molar-refractivity contribution is -0.0553. The van der Waals surface area contributed by atoms with Crippen LogP contribution in [0.1, 0.15) is 37.0 Å². The lowest BCUT2D eigenvalue weighted by atomic mass is 9.94. The van der Waals surface area contributed by atoms with Gasteiger partial charge in [0.2, 0.25) is 0 Å². The van der Waals surface area contributed by atoms with E-state index in [9.17, 15) is 4.79 Å². The molecule has 0 spiro atoms. The second-order valence-corrected chi connectivity index (χ2v) is 5.65. The summed E-state index contributed by atoms with van der Waals surface area (Å²) in [6.45, 7) is 4.73. The molecule has 2 heterocycles. The summed E-state index contributed by atoms with van der Waals surface area (Å²) in [7, 11) is 0. The molecule has 19 heavy (non-hydrogen) atoms. The van der Waals surface area contributed by atoms with Crippen LogP contribution in [0.2, 0.25) is 5.02 Å². The third-order valence-corrected chi connectivity index (χ3v) is 3.54. The number of hydrogen-bond donors (Lipinski definition) is 2. The maximum absolute atomic E-state index is 11.0. The molecule has 2 rings (SSSR count). The van der Waals surface area contributed by atoms with Crippen LogP contribution in [-0.4, -0.2) is 34.3 Å². The van der Waals surface area contributed by atoms with E-state index < -0.39 is 5.97 Å². The molecule has 0 bridgehead atoms. The number of hydrogen-bond acceptors (Lipinski definition) is 4. The number of carbonyl (C=O) groups is 1. The van der Waals surface area contributed by atoms with E-state index in [4.69, 9.17) is 21.4 Å². The number of rotatable bonds is 3. The zero-order chi connectivity index (χ0) is 14.0. The largest absolute Gasteiger partial charge is 0.478 e. The van der Waals surface area contributed by atoms with Crippen LogP contribution < -0.4 is 5.32 Å². The van der Waals surface area contributed by atoms with Gasteiger partial charge in [-0.25, -0.2) is 9.78 Å². The van der Waals surface area contributed by atoms with Gasteiger partial charge >= 0.3 is 5.97 Å². The fraction of sp³-hybridized carbons (Fsp3) is 0.538. The highest BCUT2D eigenvalue weighted by atomic mass is 35.5. The average molecular weight is 285 g/mol. The Morgan fingerprint density at radius 3 is 3.00 bits per heavy atom. The fourth-order valence-electron chi connectivity index (χ4n) is 2.26. The molecule has 0 amide bonds. The van der Waals surface area contributed by atoms with E-state index in [-0.39, 0.29) is 22.2 Å². The third kappa shape index (κ3) is 3.36. The number of ether oxygens (including phenoxy) is 1. The van der Waals surface area contributed by atoms with E-state index in [0.29, 0.717) is 12.4 Å². The van der Waals surface area contributed by atoms with Crippen molar-refractivity contribution in [3.8, 4) is 0 Å². The Balaban J connectivity index is 2.15. The lowest BCUT2D eigenvalue weighted by Gasteiger charge is -2.36. The zero-order valence-electron chi connectivity index (χ0n) is 10.9. The summed E-state index contributed by atoms with van der Waals surface area (Å²) >= 11 is 6.06. The number of anilines is 1. The number of carboxylic acids is 1. The quantitative estimate of drug-likeness (QED) is 0.893. The average Bonchev–Trinajstić information content (AvgIpc) is 2.30. The first-order valence-electron chi connectivity index (χ1n) is 6.17. The predicted octanol–water partition coefficient (Wildman–Crippen LogP) is 2.80. The van der Waals surface area contributed by atoms with Crippen molar-refractivity contribution in [1.29, 1.82) is 0 Å². The first-order chi connectivity index (χ1) is 8.89. The molecule has 1 atom stereocenters. The summed E-state index contributed by atoms with van der Waals surface area (Å²) in [4.78, 5) is 15.1. The van der Waals surface area contributed by atoms with Crippen molar-refractivity contribution in [3.63, 3.8) is 0 Å². The highest BCUT2D eigenvalue weighted by Gasteiger charge is 2.29. The maximum atomic E-state index is 11.0. The predicted molar refractivity (Wildman–Crippen MR) is 72.9 cm³/mol. The number of aromatic carboxylic acids is 1. The third-order valence-electron chi connectivity index (χ3n) is 3.16. The molecule has 0 radical (unpaired) electrons. The van der Waals surface area contributed by atoms with Gasteiger partial charge in [0.25, 0.3) is 0 Å². The summed E-state index contributed by atoms with van der Waals surface area (Å²) in [6.07, 6.45) is 3.11. The minimum Gasteiger partial charge on any atom is -0.478 e. The molecule has 2 N–H and O–H groups in total. The Morgan fingerprint density at radius 1 is 1.63 bits per heavy atom. The molecule has 1 aromatic heterocycles. The summed E-state index contributed by atoms with van der Waals surface area (Å²) in [5.41, 5.74) is -0.127. The van der Waals surface area contributed by atoms with Gasteiger partial charge in [0.1, 0.15) is 5.82 Å². The van der Waals surface area contributed by atoms with Crippen LogP contribution >= 0.6 is 11.6 Å². The molecule has 0 saturated carbocycles. The van der Waals surface area contributed by atoms with Gasteiger partial charge in [-0.1, -0.05) is 11.6 Å². The molecule has 0 aromatic carbocycles. The zero-order valence-corrected chi connectivity index (χ0v) is 11.7. The molecule has 1 aliphatic heterocycles. The van der Waals surface area contributed by atoms with Gasteiger partial charge < -0.3 is 15.2 Å². The number of carboxylic acid groups (broad SMARTS) is 1. The van der Waals surface area contributed by atoms with Gasteiger partial charge in [0.05, 0.1) is 16.2 Å². The Labute approximate surface area is 116 Å². The van der Waals surface area contributed by atoms with Crippen LogP contribution in [-0.2, 0) is 4.74 Å². The molecule has 1 unspecified atom stereocenters. The van der Waals surface area contributed by atoms with Crippen LogP contribution in [0.3, 0.4) is 0 Å². The van der Waals surface area contributed by atoms with Gasteiger partial charge in [0, 0.05) is 18.8 Å². The van der Waals surface area contributed by atoms with Crippen molar-refractivity contribution in [3.05, 3.63) is 22.8 Å². The summed E-state index contributed by atoms with van der Waals surface area (Å²) < 4.78 is 5.64. The van der Waals surface area contributed by atoms with Crippen LogP contribution in [0.15, 0.2) is 12.3 Å². The van der Waals surface area contributed by atoms with Crippen LogP contribution in [0, 0.1) is 0 Å². The topological polar surface area (TPSA) is 71.5 Å². The van der Waals surface area contributed by atoms with Crippen LogP contribution in [0.5, 0.6) is 0 Å². The lowest BCUT2D eigenvalue weighted by Crippen LogP contribution is -2.40. The van der Waals surface area contributed by atoms with Crippen molar-refractivity contribution in [1.82, 2.24) is 4.98 Å². The highest BCUT2D eigenvalue weighted by Crippen LogP contribution is 2.29. The van der Waals surface area contributed by atoms with Crippen LogP contribution in [0.25, 0.3) is 0 Å². The Kier molecular flexibility index (Phi) is 3.96. The molecule has 1 fully saturated rings. The second-order valence-electron chi connectivity index (χ2n) is 5.27. The van der Waals surface area contributed by atoms with E-state index in [1.807, 2.05) is 13.8 Å². The van der Waals surface area contributed by atoms with Crippen molar-refractivity contribution in [2.45, 2.75) is 38.3 Å². The molecular weight excluding hydrogens is 268 g/mol. The molecule has 6 heteroatoms. The smallest absolute Gasteiger partial charge is 0.337 e. The normalized spacial score (nSPS) is 21.9. The summed E-state index contributed by atoms with van der Waals surface area (Å²) in [5.74, 6) is -0.632. The number of nitrogens with one attached hydrogen (secondary N) is 1. The van der Waals surface area contributed by atoms with Crippen molar-refractivity contribution in [2.75, 3.05) is 11.9 Å². The summed E-state index contributed by atoms with van der Waals surface area (Å²) in [5, 5.41) is 12.4. The van der Waals surface area contributed by atoms with E-state index in [0.717, 1.165) is 12.8 Å². The van der Waals surface area contributed by atoms with E-state index in [1.165, 1.54) is 12.3 Å². The number of halogens is 1. The fourth-order valence-corrected chi connectivity index (χ4v) is 2.51. The monoisotopic (exact) mass is 284 g/mol. The number of aromatic nitrogens is 1. The molecule has 0 aliphatic carbocycles. The van der Waals surface area contributed by atoms with E-state index >= 15 is 0 Å². The second kappa shape index (κ2) is 5.35. The molecule has 1 aliphatic rings. The standard InChI is InChI=1S/C13H17ClN2O3/c1-13(2)7-8(4-6-19-13)16-11-10(14)9(12(17)18)3-5-15-11/h3,5,8H,4,6-7H2,1-2H3,(H,15,16)(H,17,18). The van der Waals surface area contributed by atoms with Crippen molar-refractivity contribution < 1.29 is 14.6 Å². The van der Waals surface area contributed by atoms with Crippen LogP contribution in [0.4, 0.5) is 5.82 Å². The Hall–Kier alpha value is -1.33. The Morgan fingerprint density at radius 2 is 2.37 bits per heavy atom. The molecule has 5 nitrogen and oxygen atoms in total. The van der Waals surface area contributed by atoms with Gasteiger partial charge in [-0.3, -0.25) is 0 Å². The van der Waals surface area contributed by atoms with Gasteiger partial charge in [-0.05, 0) is 32.8 Å². The number of pyridine rings is 1. The van der Waals surface area contributed by atoms with Gasteiger partial charge in [-0.15, -0.1) is 0 Å². The molecule has 1 aromatic rings. The number of nitrogens with zero attached hydrogens (tertiary/aromatic N) is 1. The first kappa shape index (κ1) is 14.1. The van der Waals surface area contributed by atoms with Gasteiger partial charge in [-0.2, -0.15) is 0 Å².